The van der Waals surface area contributed by atoms with Crippen LogP contribution in [0.25, 0.3) is 0 Å². The van der Waals surface area contributed by atoms with Crippen LogP contribution < -0.4 is 0 Å². The van der Waals surface area contributed by atoms with Crippen LogP contribution in [-0.4, -0.2) is 36.6 Å². The topological polar surface area (TPSA) is 70.8 Å². The minimum absolute atomic E-state index is 0.0280. The van der Waals surface area contributed by atoms with E-state index in [-0.39, 0.29) is 5.91 Å². The molecule has 0 radical (unpaired) electrons. The van der Waals surface area contributed by atoms with Gasteiger partial charge >= 0.3 is 0 Å². The monoisotopic (exact) mass is 466 g/mol. The third-order valence-electron chi connectivity index (χ3n) is 6.00. The summed E-state index contributed by atoms with van der Waals surface area (Å²) in [5.41, 5.74) is 2.00. The van der Waals surface area contributed by atoms with Gasteiger partial charge in [-0.05, 0) is 54.7 Å². The molecule has 1 fully saturated rings. The first-order chi connectivity index (χ1) is 16.0. The van der Waals surface area contributed by atoms with Crippen molar-refractivity contribution in [2.45, 2.75) is 50.1 Å². The summed E-state index contributed by atoms with van der Waals surface area (Å²) in [6.07, 6.45) is 5.41. The molecule has 0 saturated carbocycles. The molecule has 0 spiro atoms. The van der Waals surface area contributed by atoms with Crippen molar-refractivity contribution in [1.29, 1.82) is 0 Å². The average Bonchev–Trinajstić information content (AvgIpc) is 3.37. The number of sulfonamides is 1. The zero-order valence-electron chi connectivity index (χ0n) is 18.7. The van der Waals surface area contributed by atoms with E-state index in [1.54, 1.807) is 27.6 Å². The van der Waals surface area contributed by atoms with Crippen LogP contribution in [0.2, 0.25) is 0 Å². The number of furan rings is 1. The maximum Gasteiger partial charge on any atom is 0.243 e. The van der Waals surface area contributed by atoms with E-state index in [2.05, 4.69) is 0 Å². The second-order valence-corrected chi connectivity index (χ2v) is 10.4. The molecule has 1 aromatic heterocycles. The Morgan fingerprint density at radius 3 is 2.24 bits per heavy atom. The van der Waals surface area contributed by atoms with E-state index in [4.69, 9.17) is 4.42 Å². The van der Waals surface area contributed by atoms with Gasteiger partial charge in [-0.2, -0.15) is 4.31 Å². The Balaban J connectivity index is 1.39. The highest BCUT2D eigenvalue weighted by molar-refractivity contribution is 7.89. The van der Waals surface area contributed by atoms with Gasteiger partial charge in [0.1, 0.15) is 5.76 Å². The molecule has 2 aromatic carbocycles. The van der Waals surface area contributed by atoms with Gasteiger partial charge in [-0.25, -0.2) is 8.42 Å². The van der Waals surface area contributed by atoms with E-state index in [1.165, 1.54) is 0 Å². The van der Waals surface area contributed by atoms with E-state index in [1.807, 2.05) is 54.6 Å². The number of aryl methyl sites for hydroxylation is 1. The molecule has 174 valence electrons. The van der Waals surface area contributed by atoms with Gasteiger partial charge in [0.25, 0.3) is 0 Å². The van der Waals surface area contributed by atoms with E-state index in [9.17, 15) is 13.2 Å². The van der Waals surface area contributed by atoms with Crippen LogP contribution in [0.1, 0.15) is 42.6 Å². The summed E-state index contributed by atoms with van der Waals surface area (Å²) in [5.74, 6) is 0.770. The lowest BCUT2D eigenvalue weighted by Gasteiger charge is -2.26. The van der Waals surface area contributed by atoms with Crippen molar-refractivity contribution in [1.82, 2.24) is 9.21 Å². The van der Waals surface area contributed by atoms with E-state index in [0.29, 0.717) is 43.9 Å². The number of carbonyl (C=O) groups is 1. The Labute approximate surface area is 195 Å². The van der Waals surface area contributed by atoms with Gasteiger partial charge in [0.05, 0.1) is 17.7 Å². The molecule has 6 nitrogen and oxygen atoms in total. The first-order valence-electron chi connectivity index (χ1n) is 11.5. The minimum atomic E-state index is -3.44. The van der Waals surface area contributed by atoms with Gasteiger partial charge in [-0.3, -0.25) is 4.79 Å². The highest BCUT2D eigenvalue weighted by atomic mass is 32.2. The van der Waals surface area contributed by atoms with Crippen molar-refractivity contribution in [3.05, 3.63) is 89.9 Å². The van der Waals surface area contributed by atoms with Crippen LogP contribution in [0.5, 0.6) is 0 Å². The Morgan fingerprint density at radius 1 is 0.848 bits per heavy atom. The SMILES string of the molecule is O=C(CCc1ccc(S(=O)(=O)N2CCCCC2)cc1)N(Cc1ccccc1)Cc1ccco1. The van der Waals surface area contributed by atoms with Gasteiger partial charge in [0.15, 0.2) is 0 Å². The summed E-state index contributed by atoms with van der Waals surface area (Å²) in [6, 6.07) is 20.5. The number of carbonyl (C=O) groups excluding carboxylic acids is 1. The van der Waals surface area contributed by atoms with Crippen molar-refractivity contribution in [2.75, 3.05) is 13.1 Å². The van der Waals surface area contributed by atoms with Crippen LogP contribution in [-0.2, 0) is 34.3 Å². The summed E-state index contributed by atoms with van der Waals surface area (Å²) in [5, 5.41) is 0. The summed E-state index contributed by atoms with van der Waals surface area (Å²) in [6.45, 7) is 2.10. The first-order valence-corrected chi connectivity index (χ1v) is 12.9. The van der Waals surface area contributed by atoms with Crippen molar-refractivity contribution in [2.24, 2.45) is 0 Å². The molecule has 2 heterocycles. The standard InChI is InChI=1S/C26H30N2O4S/c29-26(27(21-24-10-7-19-32-24)20-23-8-3-1-4-9-23)16-13-22-11-14-25(15-12-22)33(30,31)28-17-5-2-6-18-28/h1,3-4,7-12,14-15,19H,2,5-6,13,16-18,20-21H2. The number of hydrogen-bond donors (Lipinski definition) is 0. The van der Waals surface area contributed by atoms with Crippen LogP contribution in [0, 0.1) is 0 Å². The highest BCUT2D eigenvalue weighted by Crippen LogP contribution is 2.21. The molecular weight excluding hydrogens is 436 g/mol. The molecular formula is C26H30N2O4S. The third kappa shape index (κ3) is 6.12. The van der Waals surface area contributed by atoms with Crippen LogP contribution >= 0.6 is 0 Å². The van der Waals surface area contributed by atoms with Crippen LogP contribution in [0.4, 0.5) is 0 Å². The van der Waals surface area contributed by atoms with Gasteiger partial charge in [-0.15, -0.1) is 0 Å². The lowest BCUT2D eigenvalue weighted by Crippen LogP contribution is -2.35. The lowest BCUT2D eigenvalue weighted by molar-refractivity contribution is -0.132. The normalized spacial score (nSPS) is 14.8. The smallest absolute Gasteiger partial charge is 0.243 e. The molecule has 0 bridgehead atoms. The average molecular weight is 467 g/mol. The van der Waals surface area contributed by atoms with E-state index < -0.39 is 10.0 Å². The number of amides is 1. The molecule has 3 aromatic rings. The summed E-state index contributed by atoms with van der Waals surface area (Å²) < 4.78 is 32.7. The van der Waals surface area contributed by atoms with Gasteiger partial charge in [0.2, 0.25) is 15.9 Å². The Hall–Kier alpha value is -2.90. The molecule has 1 amide bonds. The Morgan fingerprint density at radius 2 is 1.58 bits per heavy atom. The highest BCUT2D eigenvalue weighted by Gasteiger charge is 2.25. The lowest BCUT2D eigenvalue weighted by atomic mass is 10.1. The van der Waals surface area contributed by atoms with Crippen molar-refractivity contribution < 1.29 is 17.6 Å². The zero-order chi connectivity index (χ0) is 23.1. The fraction of sp³-hybridized carbons (Fsp3) is 0.346. The minimum Gasteiger partial charge on any atom is -0.467 e. The number of benzene rings is 2. The molecule has 7 heteroatoms. The largest absolute Gasteiger partial charge is 0.467 e. The van der Waals surface area contributed by atoms with Gasteiger partial charge in [-0.1, -0.05) is 48.9 Å². The fourth-order valence-corrected chi connectivity index (χ4v) is 5.64. The second kappa shape index (κ2) is 10.8. The van der Waals surface area contributed by atoms with Gasteiger partial charge in [0, 0.05) is 26.1 Å². The molecule has 1 aliphatic rings. The molecule has 0 atom stereocenters. The number of hydrogen-bond acceptors (Lipinski definition) is 4. The maximum atomic E-state index is 13.1. The molecule has 33 heavy (non-hydrogen) atoms. The second-order valence-electron chi connectivity index (χ2n) is 8.42. The number of nitrogens with zero attached hydrogens (tertiary/aromatic N) is 2. The summed E-state index contributed by atoms with van der Waals surface area (Å²) >= 11 is 0. The van der Waals surface area contributed by atoms with Crippen LogP contribution in [0.15, 0.2) is 82.3 Å². The fourth-order valence-electron chi connectivity index (χ4n) is 4.12. The number of rotatable bonds is 9. The van der Waals surface area contributed by atoms with E-state index in [0.717, 1.165) is 36.1 Å². The van der Waals surface area contributed by atoms with Crippen molar-refractivity contribution in [3.63, 3.8) is 0 Å². The molecule has 1 aliphatic heterocycles. The quantitative estimate of drug-likeness (QED) is 0.462. The maximum absolute atomic E-state index is 13.1. The summed E-state index contributed by atoms with van der Waals surface area (Å²) in [7, 11) is -3.44. The number of piperidine rings is 1. The predicted molar refractivity (Wildman–Crippen MR) is 127 cm³/mol. The van der Waals surface area contributed by atoms with Gasteiger partial charge < -0.3 is 9.32 Å². The van der Waals surface area contributed by atoms with Crippen molar-refractivity contribution in [3.8, 4) is 0 Å². The molecule has 0 unspecified atom stereocenters. The Bertz CT molecular complexity index is 1120. The first kappa shape index (κ1) is 23.3. The third-order valence-corrected chi connectivity index (χ3v) is 7.91. The molecule has 4 rings (SSSR count). The van der Waals surface area contributed by atoms with Crippen LogP contribution in [0.3, 0.4) is 0 Å². The zero-order valence-corrected chi connectivity index (χ0v) is 19.5. The molecule has 0 aliphatic carbocycles. The predicted octanol–water partition coefficient (Wildman–Crippen LogP) is 4.62. The molecule has 0 N–H and O–H groups in total. The molecule has 1 saturated heterocycles. The Kier molecular flexibility index (Phi) is 7.62. The summed E-state index contributed by atoms with van der Waals surface area (Å²) in [4.78, 5) is 15.2. The van der Waals surface area contributed by atoms with E-state index >= 15 is 0 Å². The van der Waals surface area contributed by atoms with Crippen molar-refractivity contribution >= 4 is 15.9 Å².